The van der Waals surface area contributed by atoms with Gasteiger partial charge < -0.3 is 14.9 Å². The summed E-state index contributed by atoms with van der Waals surface area (Å²) in [7, 11) is 0. The Morgan fingerprint density at radius 2 is 1.21 bits per heavy atom. The van der Waals surface area contributed by atoms with Gasteiger partial charge >= 0.3 is 17.9 Å². The van der Waals surface area contributed by atoms with Gasteiger partial charge in [-0.05, 0) is 81.0 Å². The van der Waals surface area contributed by atoms with Crippen LogP contribution in [0.5, 0.6) is 0 Å². The molecule has 0 aromatic heterocycles. The number of esters is 1. The zero-order valence-electron chi connectivity index (χ0n) is 25.9. The summed E-state index contributed by atoms with van der Waals surface area (Å²) in [5, 5.41) is 19.7. The van der Waals surface area contributed by atoms with Crippen LogP contribution in [-0.4, -0.2) is 41.0 Å². The van der Waals surface area contributed by atoms with Crippen LogP contribution in [-0.2, 0) is 28.9 Å². The van der Waals surface area contributed by atoms with E-state index in [1.165, 1.54) is 70.6 Å². The van der Waals surface area contributed by atoms with Crippen molar-refractivity contribution >= 4 is 17.9 Å². The molecule has 0 radical (unpaired) electrons. The van der Waals surface area contributed by atoms with E-state index < -0.39 is 42.0 Å². The largest absolute Gasteiger partial charge is 0.481 e. The van der Waals surface area contributed by atoms with E-state index in [2.05, 4.69) is 0 Å². The van der Waals surface area contributed by atoms with Gasteiger partial charge in [0.05, 0.1) is 24.4 Å². The molecular formula is C34H56O8. The highest BCUT2D eigenvalue weighted by atomic mass is 17.2. The van der Waals surface area contributed by atoms with Crippen molar-refractivity contribution in [2.45, 2.75) is 142 Å². The predicted octanol–water partition coefficient (Wildman–Crippen LogP) is 7.78. The van der Waals surface area contributed by atoms with Crippen LogP contribution in [0.15, 0.2) is 0 Å². The first-order valence-electron chi connectivity index (χ1n) is 17.3. The van der Waals surface area contributed by atoms with Crippen LogP contribution in [0.3, 0.4) is 0 Å². The first kappa shape index (κ1) is 33.2. The fraction of sp³-hybridized carbons (Fsp3) is 0.912. The zero-order chi connectivity index (χ0) is 29.9. The fourth-order valence-corrected chi connectivity index (χ4v) is 8.68. The molecule has 0 spiro atoms. The second-order valence-corrected chi connectivity index (χ2v) is 14.1. The van der Waals surface area contributed by atoms with E-state index in [0.717, 1.165) is 31.6 Å². The van der Waals surface area contributed by atoms with Gasteiger partial charge in [-0.2, -0.15) is 4.89 Å². The van der Waals surface area contributed by atoms with Crippen molar-refractivity contribution in [3.63, 3.8) is 0 Å². The van der Waals surface area contributed by atoms with Crippen LogP contribution < -0.4 is 0 Å². The molecule has 4 rings (SSSR count). The second kappa shape index (κ2) is 17.0. The highest BCUT2D eigenvalue weighted by Gasteiger charge is 2.42. The molecule has 0 saturated heterocycles. The summed E-state index contributed by atoms with van der Waals surface area (Å²) in [5.74, 6) is -1.92. The van der Waals surface area contributed by atoms with E-state index in [0.29, 0.717) is 49.9 Å². The number of hydrogen-bond acceptors (Lipinski definition) is 6. The molecule has 42 heavy (non-hydrogen) atoms. The number of ether oxygens (including phenoxy) is 1. The average Bonchev–Trinajstić information content (AvgIpc) is 2.98. The normalized spacial score (nSPS) is 32.2. The standard InChI is InChI=1S/C34H56O8/c1-2-9-31(41-34(39)30-21-26(15-17-29(30)33(37)38)19-24-12-7-4-8-13-24)42-40-22-27-20-25(14-16-28(27)32(35)36)18-23-10-5-3-6-11-23/h23-31H,2-22H2,1H3,(H,35,36)(H,37,38). The van der Waals surface area contributed by atoms with E-state index in [4.69, 9.17) is 14.5 Å². The lowest BCUT2D eigenvalue weighted by molar-refractivity contribution is -0.378. The maximum Gasteiger partial charge on any atom is 0.312 e. The molecular weight excluding hydrogens is 536 g/mol. The third-order valence-corrected chi connectivity index (χ3v) is 11.0. The Hall–Kier alpha value is -1.67. The van der Waals surface area contributed by atoms with Crippen molar-refractivity contribution < 1.29 is 39.1 Å². The summed E-state index contributed by atoms with van der Waals surface area (Å²) >= 11 is 0. The molecule has 4 saturated carbocycles. The maximum absolute atomic E-state index is 13.4. The predicted molar refractivity (Wildman–Crippen MR) is 158 cm³/mol. The molecule has 0 bridgehead atoms. The highest BCUT2D eigenvalue weighted by Crippen LogP contribution is 2.42. The zero-order valence-corrected chi connectivity index (χ0v) is 25.9. The number of aliphatic carboxylic acids is 2. The topological polar surface area (TPSA) is 119 Å². The number of carboxylic acids is 2. The van der Waals surface area contributed by atoms with Gasteiger partial charge in [0.2, 0.25) is 6.29 Å². The van der Waals surface area contributed by atoms with Crippen LogP contribution in [0.1, 0.15) is 135 Å². The van der Waals surface area contributed by atoms with Crippen LogP contribution in [0.4, 0.5) is 0 Å². The Balaban J connectivity index is 1.29. The van der Waals surface area contributed by atoms with Gasteiger partial charge in [0.1, 0.15) is 0 Å². The third-order valence-electron chi connectivity index (χ3n) is 11.0. The number of hydrogen-bond donors (Lipinski definition) is 2. The third kappa shape index (κ3) is 9.93. The van der Waals surface area contributed by atoms with Gasteiger partial charge in [-0.1, -0.05) is 77.6 Å². The van der Waals surface area contributed by atoms with Crippen LogP contribution >= 0.6 is 0 Å². The van der Waals surface area contributed by atoms with Gasteiger partial charge in [-0.25, -0.2) is 4.89 Å². The Kier molecular flexibility index (Phi) is 13.4. The molecule has 8 nitrogen and oxygen atoms in total. The number of carboxylic acid groups (broad SMARTS) is 2. The molecule has 0 aromatic rings. The number of rotatable bonds is 14. The van der Waals surface area contributed by atoms with Gasteiger partial charge in [-0.3, -0.25) is 14.4 Å². The van der Waals surface area contributed by atoms with Crippen molar-refractivity contribution in [2.24, 2.45) is 47.3 Å². The molecule has 2 N–H and O–H groups in total. The summed E-state index contributed by atoms with van der Waals surface area (Å²) in [6, 6.07) is 0. The smallest absolute Gasteiger partial charge is 0.312 e. The molecule has 0 heterocycles. The van der Waals surface area contributed by atoms with Crippen molar-refractivity contribution in [1.29, 1.82) is 0 Å². The minimum absolute atomic E-state index is 0.141. The van der Waals surface area contributed by atoms with Gasteiger partial charge in [0, 0.05) is 6.42 Å². The average molecular weight is 593 g/mol. The first-order chi connectivity index (χ1) is 20.3. The number of carbonyl (C=O) groups excluding carboxylic acids is 1. The molecule has 0 aromatic carbocycles. The molecule has 8 heteroatoms. The number of carbonyl (C=O) groups is 3. The fourth-order valence-electron chi connectivity index (χ4n) is 8.68. The lowest BCUT2D eigenvalue weighted by Gasteiger charge is -2.36. The quantitative estimate of drug-likeness (QED) is 0.0908. The van der Waals surface area contributed by atoms with Gasteiger partial charge in [0.15, 0.2) is 0 Å². The summed E-state index contributed by atoms with van der Waals surface area (Å²) in [4.78, 5) is 48.7. The van der Waals surface area contributed by atoms with Crippen LogP contribution in [0.25, 0.3) is 0 Å². The Labute approximate surface area is 252 Å². The monoisotopic (exact) mass is 592 g/mol. The molecule has 4 aliphatic rings. The minimum atomic E-state index is -0.933. The van der Waals surface area contributed by atoms with Crippen molar-refractivity contribution in [3.05, 3.63) is 0 Å². The Morgan fingerprint density at radius 3 is 1.76 bits per heavy atom. The van der Waals surface area contributed by atoms with E-state index in [9.17, 15) is 24.6 Å². The second-order valence-electron chi connectivity index (χ2n) is 14.1. The molecule has 7 unspecified atom stereocenters. The van der Waals surface area contributed by atoms with Crippen molar-refractivity contribution in [1.82, 2.24) is 0 Å². The van der Waals surface area contributed by atoms with E-state index in [1.54, 1.807) is 0 Å². The van der Waals surface area contributed by atoms with Crippen LogP contribution in [0, 0.1) is 47.3 Å². The minimum Gasteiger partial charge on any atom is -0.481 e. The van der Waals surface area contributed by atoms with E-state index in [-0.39, 0.29) is 12.5 Å². The summed E-state index contributed by atoms with van der Waals surface area (Å²) in [6.45, 7) is 2.11. The van der Waals surface area contributed by atoms with Crippen molar-refractivity contribution in [2.75, 3.05) is 6.61 Å². The lowest BCUT2D eigenvalue weighted by Crippen LogP contribution is -2.39. The van der Waals surface area contributed by atoms with E-state index in [1.807, 2.05) is 6.92 Å². The molecule has 0 amide bonds. The van der Waals surface area contributed by atoms with E-state index >= 15 is 0 Å². The van der Waals surface area contributed by atoms with Crippen LogP contribution in [0.2, 0.25) is 0 Å². The molecule has 4 fully saturated rings. The molecule has 4 aliphatic carbocycles. The SMILES string of the molecule is CCCC(OOCC1CC(CC2CCCCC2)CCC1C(=O)O)OC(=O)C1CC(CC2CCCCC2)CCC1C(=O)O. The van der Waals surface area contributed by atoms with Gasteiger partial charge in [-0.15, -0.1) is 0 Å². The molecule has 7 atom stereocenters. The maximum atomic E-state index is 13.4. The Morgan fingerprint density at radius 1 is 0.667 bits per heavy atom. The molecule has 0 aliphatic heterocycles. The van der Waals surface area contributed by atoms with Gasteiger partial charge in [0.25, 0.3) is 0 Å². The lowest BCUT2D eigenvalue weighted by atomic mass is 9.70. The highest BCUT2D eigenvalue weighted by molar-refractivity contribution is 5.81. The molecule has 240 valence electrons. The Bertz CT molecular complexity index is 848. The first-order valence-corrected chi connectivity index (χ1v) is 17.3. The van der Waals surface area contributed by atoms with Crippen molar-refractivity contribution in [3.8, 4) is 0 Å². The summed E-state index contributed by atoms with van der Waals surface area (Å²) in [6.07, 6.45) is 19.6. The summed E-state index contributed by atoms with van der Waals surface area (Å²) in [5.41, 5.74) is 0. The summed E-state index contributed by atoms with van der Waals surface area (Å²) < 4.78 is 5.77.